The monoisotopic (exact) mass is 985 g/mol. The number of unbranched alkanes of at least 4 members (excludes halogenated alkanes) is 23. The fraction of sp³-hybridized carbons (Fsp3) is 0.677. The first-order valence-corrected chi connectivity index (χ1v) is 29.4. The van der Waals surface area contributed by atoms with Gasteiger partial charge in [0.25, 0.3) is 0 Å². The van der Waals surface area contributed by atoms with E-state index >= 15 is 0 Å². The van der Waals surface area contributed by atoms with Gasteiger partial charge in [-0.1, -0.05) is 220 Å². The van der Waals surface area contributed by atoms with Crippen LogP contribution in [-0.4, -0.2) is 37.2 Å². The van der Waals surface area contributed by atoms with E-state index in [1.54, 1.807) is 0 Å². The minimum absolute atomic E-state index is 0.103. The maximum Gasteiger partial charge on any atom is 0.306 e. The quantitative estimate of drug-likeness (QED) is 0.0261. The van der Waals surface area contributed by atoms with Crippen LogP contribution in [0.4, 0.5) is 0 Å². The van der Waals surface area contributed by atoms with Gasteiger partial charge in [-0.2, -0.15) is 0 Å². The summed E-state index contributed by atoms with van der Waals surface area (Å²) < 4.78 is 16.8. The molecule has 0 aliphatic rings. The lowest BCUT2D eigenvalue weighted by Crippen LogP contribution is -2.30. The maximum atomic E-state index is 12.9. The van der Waals surface area contributed by atoms with E-state index in [1.807, 2.05) is 0 Å². The zero-order chi connectivity index (χ0) is 51.4. The minimum Gasteiger partial charge on any atom is -0.462 e. The zero-order valence-corrected chi connectivity index (χ0v) is 46.2. The highest BCUT2D eigenvalue weighted by molar-refractivity contribution is 5.71. The molecular formula is C65H108O6. The summed E-state index contributed by atoms with van der Waals surface area (Å²) >= 11 is 0. The molecule has 0 unspecified atom stereocenters. The molecule has 0 heterocycles. The normalized spacial score (nSPS) is 12.9. The largest absolute Gasteiger partial charge is 0.462 e. The van der Waals surface area contributed by atoms with E-state index in [-0.39, 0.29) is 31.1 Å². The predicted octanol–water partition coefficient (Wildman–Crippen LogP) is 19.9. The Morgan fingerprint density at radius 2 is 0.507 bits per heavy atom. The number of carbonyl (C=O) groups excluding carboxylic acids is 3. The van der Waals surface area contributed by atoms with Crippen LogP contribution in [-0.2, 0) is 28.6 Å². The van der Waals surface area contributed by atoms with Crippen molar-refractivity contribution in [3.63, 3.8) is 0 Å². The Labute approximate surface area is 438 Å². The molecule has 0 amide bonds. The summed E-state index contributed by atoms with van der Waals surface area (Å²) in [7, 11) is 0. The van der Waals surface area contributed by atoms with Crippen LogP contribution in [0.5, 0.6) is 0 Å². The van der Waals surface area contributed by atoms with Crippen LogP contribution in [0.2, 0.25) is 0 Å². The van der Waals surface area contributed by atoms with Crippen molar-refractivity contribution in [3.8, 4) is 0 Å². The number of hydrogen-bond donors (Lipinski definition) is 0. The summed E-state index contributed by atoms with van der Waals surface area (Å²) in [5, 5.41) is 0. The van der Waals surface area contributed by atoms with E-state index < -0.39 is 6.10 Å². The van der Waals surface area contributed by atoms with E-state index in [9.17, 15) is 14.4 Å². The van der Waals surface area contributed by atoms with E-state index in [2.05, 4.69) is 130 Å². The van der Waals surface area contributed by atoms with Crippen molar-refractivity contribution in [2.75, 3.05) is 13.2 Å². The van der Waals surface area contributed by atoms with Crippen molar-refractivity contribution in [3.05, 3.63) is 109 Å². The molecule has 0 saturated carbocycles. The van der Waals surface area contributed by atoms with Crippen molar-refractivity contribution in [2.24, 2.45) is 0 Å². The molecule has 0 fully saturated rings. The zero-order valence-electron chi connectivity index (χ0n) is 46.2. The molecule has 0 aliphatic carbocycles. The molecule has 0 aliphatic heterocycles. The van der Waals surface area contributed by atoms with Crippen molar-refractivity contribution in [1.29, 1.82) is 0 Å². The Morgan fingerprint density at radius 1 is 0.282 bits per heavy atom. The third-order valence-corrected chi connectivity index (χ3v) is 12.2. The summed E-state index contributed by atoms with van der Waals surface area (Å²) in [6, 6.07) is 0. The lowest BCUT2D eigenvalue weighted by Gasteiger charge is -2.18. The number of rotatable bonds is 52. The summed E-state index contributed by atoms with van der Waals surface area (Å²) in [6.45, 7) is 6.51. The van der Waals surface area contributed by atoms with Gasteiger partial charge in [-0.3, -0.25) is 14.4 Å². The first-order valence-electron chi connectivity index (χ1n) is 29.4. The molecule has 0 aromatic rings. The Kier molecular flexibility index (Phi) is 55.4. The Morgan fingerprint density at radius 3 is 0.789 bits per heavy atom. The van der Waals surface area contributed by atoms with Gasteiger partial charge in [-0.05, 0) is 135 Å². The first kappa shape index (κ1) is 67.1. The van der Waals surface area contributed by atoms with Gasteiger partial charge in [0.05, 0.1) is 0 Å². The van der Waals surface area contributed by atoms with E-state index in [0.717, 1.165) is 135 Å². The molecular weight excluding hydrogens is 877 g/mol. The fourth-order valence-electron chi connectivity index (χ4n) is 7.76. The fourth-order valence-corrected chi connectivity index (χ4v) is 7.76. The Hall–Kier alpha value is -3.93. The van der Waals surface area contributed by atoms with Crippen molar-refractivity contribution < 1.29 is 28.6 Å². The van der Waals surface area contributed by atoms with Crippen LogP contribution in [0.15, 0.2) is 109 Å². The summed E-state index contributed by atoms with van der Waals surface area (Å²) in [5.74, 6) is -0.957. The van der Waals surface area contributed by atoms with Crippen LogP contribution in [0, 0.1) is 0 Å². The molecule has 6 nitrogen and oxygen atoms in total. The van der Waals surface area contributed by atoms with Gasteiger partial charge in [-0.15, -0.1) is 0 Å². The summed E-state index contributed by atoms with van der Waals surface area (Å²) in [5.41, 5.74) is 0. The molecule has 71 heavy (non-hydrogen) atoms. The molecule has 0 saturated heterocycles. The number of carbonyl (C=O) groups is 3. The van der Waals surface area contributed by atoms with Crippen molar-refractivity contribution in [2.45, 2.75) is 271 Å². The molecule has 6 heteroatoms. The third kappa shape index (κ3) is 56.9. The average molecular weight is 986 g/mol. The molecule has 404 valence electrons. The second kappa shape index (κ2) is 58.6. The van der Waals surface area contributed by atoms with Gasteiger partial charge in [0, 0.05) is 19.3 Å². The van der Waals surface area contributed by atoms with E-state index in [1.165, 1.54) is 89.9 Å². The number of ether oxygens (including phenoxy) is 3. The molecule has 0 spiro atoms. The first-order chi connectivity index (χ1) is 35.0. The molecule has 0 aromatic heterocycles. The van der Waals surface area contributed by atoms with Gasteiger partial charge in [0.2, 0.25) is 0 Å². The van der Waals surface area contributed by atoms with Gasteiger partial charge in [-0.25, -0.2) is 0 Å². The Balaban J connectivity index is 4.51. The van der Waals surface area contributed by atoms with Crippen molar-refractivity contribution in [1.82, 2.24) is 0 Å². The third-order valence-electron chi connectivity index (χ3n) is 12.2. The standard InChI is InChI=1S/C65H108O6/c1-4-7-10-13-16-19-22-25-28-31-32-35-37-40-43-46-49-52-55-58-64(67)70-61-62(71-65(68)59-56-53-50-47-44-41-38-34-30-27-24-21-18-15-12-9-6-3)60-69-63(66)57-54-51-48-45-42-39-36-33-29-26-23-20-17-14-11-8-5-2/h16-21,25-30,32,35-36,38-39,41,62H,4-15,22-24,31,33-34,37,40,42-61H2,1-3H3/b19-16-,20-17-,21-18-,28-25-,29-26-,30-27-,35-32-,39-36-,41-38-/t62-/m1/s1. The van der Waals surface area contributed by atoms with Crippen LogP contribution in [0.1, 0.15) is 265 Å². The van der Waals surface area contributed by atoms with E-state index in [0.29, 0.717) is 19.3 Å². The molecule has 0 rings (SSSR count). The van der Waals surface area contributed by atoms with Gasteiger partial charge >= 0.3 is 17.9 Å². The van der Waals surface area contributed by atoms with Crippen LogP contribution >= 0.6 is 0 Å². The molecule has 1 atom stereocenters. The highest BCUT2D eigenvalue weighted by atomic mass is 16.6. The molecule has 0 radical (unpaired) electrons. The predicted molar refractivity (Wildman–Crippen MR) is 307 cm³/mol. The van der Waals surface area contributed by atoms with Crippen LogP contribution < -0.4 is 0 Å². The summed E-state index contributed by atoms with van der Waals surface area (Å²) in [6.07, 6.45) is 79.2. The number of esters is 3. The topological polar surface area (TPSA) is 78.9 Å². The maximum absolute atomic E-state index is 12.9. The molecule has 0 N–H and O–H groups in total. The minimum atomic E-state index is -0.808. The average Bonchev–Trinajstić information content (AvgIpc) is 3.37. The van der Waals surface area contributed by atoms with Gasteiger partial charge < -0.3 is 14.2 Å². The smallest absolute Gasteiger partial charge is 0.306 e. The second-order valence-corrected chi connectivity index (χ2v) is 19.2. The van der Waals surface area contributed by atoms with Gasteiger partial charge in [0.15, 0.2) is 6.10 Å². The van der Waals surface area contributed by atoms with E-state index in [4.69, 9.17) is 14.2 Å². The second-order valence-electron chi connectivity index (χ2n) is 19.2. The molecule has 0 bridgehead atoms. The van der Waals surface area contributed by atoms with Crippen LogP contribution in [0.3, 0.4) is 0 Å². The molecule has 0 aromatic carbocycles. The van der Waals surface area contributed by atoms with Gasteiger partial charge in [0.1, 0.15) is 13.2 Å². The lowest BCUT2D eigenvalue weighted by molar-refractivity contribution is -0.167. The highest BCUT2D eigenvalue weighted by Gasteiger charge is 2.19. The SMILES string of the molecule is CCCCC/C=C\C/C=C\C/C=C\CCCCCCCCC(=O)OC[C@@H](COC(=O)CCCCCC/C=C\C/C=C\C/C=C\CCCCC)OC(=O)CCCCCC/C=C\C/C=C\C/C=C\CCCCC. The summed E-state index contributed by atoms with van der Waals surface area (Å²) in [4.78, 5) is 38.2. The Bertz CT molecular complexity index is 1460. The highest BCUT2D eigenvalue weighted by Crippen LogP contribution is 2.13. The van der Waals surface area contributed by atoms with Crippen molar-refractivity contribution >= 4 is 17.9 Å². The number of hydrogen-bond acceptors (Lipinski definition) is 6. The lowest BCUT2D eigenvalue weighted by atomic mass is 10.1. The number of allylic oxidation sites excluding steroid dienone is 18. The van der Waals surface area contributed by atoms with Crippen LogP contribution in [0.25, 0.3) is 0 Å².